The zero-order valence-corrected chi connectivity index (χ0v) is 24.7. The molecule has 0 fully saturated rings. The van der Waals surface area contributed by atoms with Crippen LogP contribution in [0.5, 0.6) is 0 Å². The number of thiazole rings is 1. The molecule has 2 heterocycles. The van der Waals surface area contributed by atoms with Crippen LogP contribution in [0.3, 0.4) is 0 Å². The molecule has 210 valence electrons. The molecule has 2 aliphatic rings. The zero-order chi connectivity index (χ0) is 28.7. The molecule has 0 saturated heterocycles. The minimum atomic E-state index is -5.58. The van der Waals surface area contributed by atoms with Crippen molar-refractivity contribution in [3.8, 4) is 0 Å². The number of hydrogen-bond acceptors (Lipinski definition) is 5. The lowest BCUT2D eigenvalue weighted by Gasteiger charge is -2.24. The number of aromatic nitrogens is 1. The third kappa shape index (κ3) is 5.10. The van der Waals surface area contributed by atoms with Gasteiger partial charge in [-0.15, -0.1) is 0 Å². The van der Waals surface area contributed by atoms with Gasteiger partial charge in [0.05, 0.1) is 16.4 Å². The van der Waals surface area contributed by atoms with Gasteiger partial charge in [0, 0.05) is 30.6 Å². The molecule has 1 aromatic heterocycles. The molecule has 0 unspecified atom stereocenters. The fraction of sp³-hybridized carbons (Fsp3) is 0.276. The van der Waals surface area contributed by atoms with E-state index in [1.54, 1.807) is 35.3 Å². The van der Waals surface area contributed by atoms with Gasteiger partial charge in [0.15, 0.2) is 0 Å². The summed E-state index contributed by atoms with van der Waals surface area (Å²) in [6.07, 6.45) is 8.14. The number of fused-ring (bicyclic) bond motifs is 2. The van der Waals surface area contributed by atoms with E-state index in [-0.39, 0.29) is 5.70 Å². The minimum absolute atomic E-state index is 0.0816. The molecule has 0 spiro atoms. The molecule has 5 nitrogen and oxygen atoms in total. The second-order valence-corrected chi connectivity index (χ2v) is 13.4. The number of alkyl halides is 3. The SMILES string of the molecule is CCN1C(=CC=C2CCC(C=Cc3sc4ccccc4[n+]3CC)=C2N(C)S(=O)(=O)C(F)(F)F)Sc2ccccc21. The number of benzene rings is 2. The van der Waals surface area contributed by atoms with E-state index in [1.807, 2.05) is 74.5 Å². The number of anilines is 1. The lowest BCUT2D eigenvalue weighted by molar-refractivity contribution is -0.665. The third-order valence-electron chi connectivity index (χ3n) is 7.00. The van der Waals surface area contributed by atoms with Gasteiger partial charge >= 0.3 is 15.5 Å². The first kappa shape index (κ1) is 28.5. The van der Waals surface area contributed by atoms with Crippen LogP contribution in [0.1, 0.15) is 31.7 Å². The molecule has 0 radical (unpaired) electrons. The van der Waals surface area contributed by atoms with E-state index in [0.717, 1.165) is 51.0 Å². The summed E-state index contributed by atoms with van der Waals surface area (Å²) < 4.78 is 69.5. The Bertz CT molecular complexity index is 1680. The number of aryl methyl sites for hydroxylation is 1. The van der Waals surface area contributed by atoms with E-state index in [2.05, 4.69) is 9.47 Å². The highest BCUT2D eigenvalue weighted by molar-refractivity contribution is 8.03. The van der Waals surface area contributed by atoms with Crippen molar-refractivity contribution >= 4 is 55.1 Å². The fourth-order valence-corrected chi connectivity index (χ4v) is 8.11. The summed E-state index contributed by atoms with van der Waals surface area (Å²) in [7, 11) is -4.59. The van der Waals surface area contributed by atoms with Crippen LogP contribution in [-0.2, 0) is 16.6 Å². The Morgan fingerprint density at radius 2 is 1.75 bits per heavy atom. The standard InChI is InChI=1S/C29H29F3N3O2S3/c1-4-34-22-10-6-8-12-24(22)38-26(34)18-16-20-14-15-21(28(20)33(3)40(36,37)29(30,31)32)17-19-27-35(5-2)23-11-7-9-13-25(23)39-27/h6-13,16-19H,4-5,14-15H2,1-3H3/q+1. The van der Waals surface area contributed by atoms with Crippen molar-refractivity contribution in [3.05, 3.63) is 93.6 Å². The van der Waals surface area contributed by atoms with Crippen molar-refractivity contribution in [1.29, 1.82) is 0 Å². The number of allylic oxidation sites excluding steroid dienone is 5. The highest BCUT2D eigenvalue weighted by atomic mass is 32.2. The Morgan fingerprint density at radius 1 is 1.02 bits per heavy atom. The van der Waals surface area contributed by atoms with Crippen molar-refractivity contribution in [3.63, 3.8) is 0 Å². The number of nitrogens with zero attached hydrogens (tertiary/aromatic N) is 3. The summed E-state index contributed by atoms with van der Waals surface area (Å²) in [6, 6.07) is 16.0. The van der Waals surface area contributed by atoms with Gasteiger partial charge in [-0.3, -0.25) is 4.31 Å². The van der Waals surface area contributed by atoms with E-state index in [4.69, 9.17) is 0 Å². The summed E-state index contributed by atoms with van der Waals surface area (Å²) in [5.41, 5.74) is -2.07. The normalized spacial score (nSPS) is 18.2. The predicted molar refractivity (Wildman–Crippen MR) is 157 cm³/mol. The Hall–Kier alpha value is -3.02. The maximum Gasteiger partial charge on any atom is 0.516 e. The smallest absolute Gasteiger partial charge is 0.335 e. The number of sulfonamides is 1. The second-order valence-electron chi connectivity index (χ2n) is 9.29. The molecule has 40 heavy (non-hydrogen) atoms. The summed E-state index contributed by atoms with van der Waals surface area (Å²) in [4.78, 5) is 3.24. The van der Waals surface area contributed by atoms with E-state index < -0.39 is 15.5 Å². The van der Waals surface area contributed by atoms with Crippen LogP contribution in [0.4, 0.5) is 18.9 Å². The average molecular weight is 605 g/mol. The quantitative estimate of drug-likeness (QED) is 0.263. The predicted octanol–water partition coefficient (Wildman–Crippen LogP) is 7.45. The highest BCUT2D eigenvalue weighted by Gasteiger charge is 2.50. The highest BCUT2D eigenvalue weighted by Crippen LogP contribution is 2.46. The zero-order valence-electron chi connectivity index (χ0n) is 22.3. The van der Waals surface area contributed by atoms with Crippen LogP contribution in [-0.4, -0.2) is 31.8 Å². The molecule has 0 N–H and O–H groups in total. The molecular weight excluding hydrogens is 576 g/mol. The van der Waals surface area contributed by atoms with Crippen molar-refractivity contribution in [2.75, 3.05) is 18.5 Å². The van der Waals surface area contributed by atoms with Gasteiger partial charge in [0.25, 0.3) is 5.01 Å². The lowest BCUT2D eigenvalue weighted by atomic mass is 10.2. The van der Waals surface area contributed by atoms with Crippen molar-refractivity contribution in [2.24, 2.45) is 0 Å². The van der Waals surface area contributed by atoms with Crippen LogP contribution in [0.2, 0.25) is 0 Å². The van der Waals surface area contributed by atoms with E-state index in [1.165, 1.54) is 0 Å². The number of rotatable bonds is 7. The Kier molecular flexibility index (Phi) is 7.91. The first-order chi connectivity index (χ1) is 19.1. The maximum absolute atomic E-state index is 13.6. The monoisotopic (exact) mass is 604 g/mol. The van der Waals surface area contributed by atoms with Crippen LogP contribution in [0.25, 0.3) is 16.3 Å². The number of thioether (sulfide) groups is 1. The Labute approximate surface area is 240 Å². The molecule has 0 bridgehead atoms. The number of halogens is 3. The van der Waals surface area contributed by atoms with Gasteiger partial charge in [-0.1, -0.05) is 53.4 Å². The lowest BCUT2D eigenvalue weighted by Crippen LogP contribution is -2.38. The molecule has 11 heteroatoms. The van der Waals surface area contributed by atoms with Gasteiger partial charge in [-0.25, -0.2) is 0 Å². The number of hydrogen-bond donors (Lipinski definition) is 0. The Balaban J connectivity index is 1.57. The van der Waals surface area contributed by atoms with Crippen molar-refractivity contribution in [2.45, 2.75) is 43.6 Å². The van der Waals surface area contributed by atoms with Crippen molar-refractivity contribution < 1.29 is 26.2 Å². The van der Waals surface area contributed by atoms with E-state index in [0.29, 0.717) is 28.3 Å². The van der Waals surface area contributed by atoms with Crippen molar-refractivity contribution in [1.82, 2.24) is 4.31 Å². The molecule has 0 atom stereocenters. The summed E-state index contributed by atoms with van der Waals surface area (Å²) in [6.45, 7) is 5.52. The minimum Gasteiger partial charge on any atom is -0.335 e. The summed E-state index contributed by atoms with van der Waals surface area (Å²) in [5, 5.41) is 1.88. The van der Waals surface area contributed by atoms with Gasteiger partial charge in [0.2, 0.25) is 5.52 Å². The molecular formula is C29H29F3N3O2S3+. The van der Waals surface area contributed by atoms with Gasteiger partial charge in [0.1, 0.15) is 11.2 Å². The maximum atomic E-state index is 13.6. The topological polar surface area (TPSA) is 44.5 Å². The third-order valence-corrected chi connectivity index (χ3v) is 10.7. The van der Waals surface area contributed by atoms with Crippen LogP contribution in [0.15, 0.2) is 93.5 Å². The van der Waals surface area contributed by atoms with Crippen LogP contribution >= 0.6 is 23.1 Å². The molecule has 1 aliphatic heterocycles. The van der Waals surface area contributed by atoms with E-state index in [9.17, 15) is 21.6 Å². The summed E-state index contributed by atoms with van der Waals surface area (Å²) in [5.74, 6) is 0. The molecule has 0 saturated carbocycles. The largest absolute Gasteiger partial charge is 0.516 e. The molecule has 0 amide bonds. The van der Waals surface area contributed by atoms with Crippen LogP contribution in [0, 0.1) is 0 Å². The summed E-state index contributed by atoms with van der Waals surface area (Å²) >= 11 is 3.17. The van der Waals surface area contributed by atoms with Gasteiger partial charge < -0.3 is 4.90 Å². The van der Waals surface area contributed by atoms with Gasteiger partial charge in [-0.2, -0.15) is 26.2 Å². The van der Waals surface area contributed by atoms with Gasteiger partial charge in [-0.05, 0) is 68.2 Å². The second kappa shape index (κ2) is 11.1. The first-order valence-electron chi connectivity index (χ1n) is 12.9. The number of likely N-dealkylation sites (N-methyl/N-ethyl adjacent to an activating group) is 1. The molecule has 3 aromatic rings. The fourth-order valence-electron chi connectivity index (χ4n) is 5.07. The molecule has 2 aromatic carbocycles. The first-order valence-corrected chi connectivity index (χ1v) is 16.0. The molecule has 5 rings (SSSR count). The van der Waals surface area contributed by atoms with E-state index >= 15 is 0 Å². The molecule has 1 aliphatic carbocycles. The Morgan fingerprint density at radius 3 is 2.48 bits per heavy atom. The number of para-hydroxylation sites is 2. The average Bonchev–Trinajstić information content (AvgIpc) is 3.61. The van der Waals surface area contributed by atoms with Crippen LogP contribution < -0.4 is 9.47 Å².